The van der Waals surface area contributed by atoms with Crippen molar-refractivity contribution >= 4 is 11.8 Å². The first-order chi connectivity index (χ1) is 6.07. The average Bonchev–Trinajstić information content (AvgIpc) is 2.04. The fraction of sp³-hybridized carbons (Fsp3) is 0.750. The molecule has 1 atom stereocenters. The Morgan fingerprint density at radius 2 is 2.15 bits per heavy atom. The Bertz CT molecular complexity index is 182. The number of amides is 2. The Morgan fingerprint density at radius 1 is 1.54 bits per heavy atom. The molecule has 0 rings (SSSR count). The maximum atomic E-state index is 11.0. The summed E-state index contributed by atoms with van der Waals surface area (Å²) in [7, 11) is 0. The molecule has 0 heterocycles. The van der Waals surface area contributed by atoms with Crippen LogP contribution in [0.4, 0.5) is 0 Å². The van der Waals surface area contributed by atoms with Gasteiger partial charge in [0.2, 0.25) is 11.8 Å². The van der Waals surface area contributed by atoms with Crippen LogP contribution in [0.1, 0.15) is 26.2 Å². The summed E-state index contributed by atoms with van der Waals surface area (Å²) in [6.07, 6.45) is 0.248. The van der Waals surface area contributed by atoms with Crippen LogP contribution >= 0.6 is 0 Å². The average molecular weight is 188 g/mol. The molecule has 5 heteroatoms. The highest BCUT2D eigenvalue weighted by molar-refractivity contribution is 5.86. The number of hydrogen-bond donors (Lipinski definition) is 3. The van der Waals surface area contributed by atoms with Gasteiger partial charge in [-0.1, -0.05) is 13.3 Å². The van der Waals surface area contributed by atoms with Crippen molar-refractivity contribution in [1.29, 1.82) is 0 Å². The molecule has 0 aromatic heterocycles. The zero-order valence-corrected chi connectivity index (χ0v) is 7.75. The van der Waals surface area contributed by atoms with Crippen molar-refractivity contribution in [1.82, 2.24) is 5.32 Å². The van der Waals surface area contributed by atoms with E-state index in [0.29, 0.717) is 6.54 Å². The van der Waals surface area contributed by atoms with Gasteiger partial charge >= 0.3 is 0 Å². The highest BCUT2D eigenvalue weighted by Crippen LogP contribution is 1.90. The van der Waals surface area contributed by atoms with Crippen molar-refractivity contribution < 1.29 is 14.7 Å². The van der Waals surface area contributed by atoms with Gasteiger partial charge in [0.05, 0.1) is 6.42 Å². The molecule has 0 saturated carbocycles. The summed E-state index contributed by atoms with van der Waals surface area (Å²) in [5.41, 5.74) is 4.77. The minimum atomic E-state index is -1.37. The van der Waals surface area contributed by atoms with Crippen molar-refractivity contribution in [2.75, 3.05) is 6.54 Å². The van der Waals surface area contributed by atoms with E-state index < -0.39 is 12.0 Å². The van der Waals surface area contributed by atoms with E-state index in [-0.39, 0.29) is 12.3 Å². The lowest BCUT2D eigenvalue weighted by molar-refractivity contribution is -0.132. The van der Waals surface area contributed by atoms with Crippen molar-refractivity contribution in [2.45, 2.75) is 32.3 Å². The maximum Gasteiger partial charge on any atom is 0.246 e. The van der Waals surface area contributed by atoms with E-state index >= 15 is 0 Å². The summed E-state index contributed by atoms with van der Waals surface area (Å²) >= 11 is 0. The van der Waals surface area contributed by atoms with Crippen molar-refractivity contribution in [3.8, 4) is 0 Å². The van der Waals surface area contributed by atoms with Gasteiger partial charge in [-0.25, -0.2) is 0 Å². The molecule has 0 spiro atoms. The molecule has 0 bridgehead atoms. The van der Waals surface area contributed by atoms with Gasteiger partial charge < -0.3 is 16.2 Å². The highest BCUT2D eigenvalue weighted by atomic mass is 16.3. The maximum absolute atomic E-state index is 11.0. The van der Waals surface area contributed by atoms with Gasteiger partial charge in [0.15, 0.2) is 0 Å². The van der Waals surface area contributed by atoms with E-state index in [1.54, 1.807) is 0 Å². The van der Waals surface area contributed by atoms with Crippen LogP contribution in [0.25, 0.3) is 0 Å². The lowest BCUT2D eigenvalue weighted by Crippen LogP contribution is -2.35. The second kappa shape index (κ2) is 6.42. The van der Waals surface area contributed by atoms with Crippen LogP contribution < -0.4 is 11.1 Å². The first kappa shape index (κ1) is 11.9. The third-order valence-corrected chi connectivity index (χ3v) is 1.56. The number of carbonyl (C=O) groups excluding carboxylic acids is 2. The normalized spacial score (nSPS) is 12.2. The van der Waals surface area contributed by atoms with E-state index in [0.717, 1.165) is 12.8 Å². The van der Waals surface area contributed by atoms with E-state index in [2.05, 4.69) is 5.32 Å². The van der Waals surface area contributed by atoms with Crippen LogP contribution in [0.5, 0.6) is 0 Å². The quantitative estimate of drug-likeness (QED) is 0.473. The first-order valence-corrected chi connectivity index (χ1v) is 4.32. The molecule has 0 saturated heterocycles. The Balaban J connectivity index is 3.56. The van der Waals surface area contributed by atoms with Crippen LogP contribution in [-0.2, 0) is 9.59 Å². The van der Waals surface area contributed by atoms with Crippen molar-refractivity contribution in [2.24, 2.45) is 5.73 Å². The van der Waals surface area contributed by atoms with Gasteiger partial charge in [-0.05, 0) is 6.42 Å². The molecule has 0 aliphatic heterocycles. The number of primary amides is 1. The second-order valence-corrected chi connectivity index (χ2v) is 2.83. The summed E-state index contributed by atoms with van der Waals surface area (Å²) in [5.74, 6) is -1.22. The Kier molecular flexibility index (Phi) is 5.88. The predicted molar refractivity (Wildman–Crippen MR) is 47.7 cm³/mol. The van der Waals surface area contributed by atoms with Gasteiger partial charge in [-0.15, -0.1) is 0 Å². The summed E-state index contributed by atoms with van der Waals surface area (Å²) in [6, 6.07) is 0. The molecule has 0 radical (unpaired) electrons. The van der Waals surface area contributed by atoms with Crippen LogP contribution in [-0.4, -0.2) is 29.6 Å². The zero-order valence-electron chi connectivity index (χ0n) is 7.75. The van der Waals surface area contributed by atoms with E-state index in [4.69, 9.17) is 10.8 Å². The molecular weight excluding hydrogens is 172 g/mol. The van der Waals surface area contributed by atoms with Gasteiger partial charge in [0.25, 0.3) is 0 Å². The summed E-state index contributed by atoms with van der Waals surface area (Å²) in [5, 5.41) is 11.5. The topological polar surface area (TPSA) is 92.4 Å². The van der Waals surface area contributed by atoms with Crippen LogP contribution in [0.3, 0.4) is 0 Å². The Hall–Kier alpha value is -1.10. The molecule has 0 aromatic carbocycles. The monoisotopic (exact) mass is 188 g/mol. The SMILES string of the molecule is CCCCNC(=O)CC(O)C(N)=O. The highest BCUT2D eigenvalue weighted by Gasteiger charge is 2.14. The third kappa shape index (κ3) is 6.10. The minimum absolute atomic E-state index is 0.251. The number of hydrogen-bond acceptors (Lipinski definition) is 3. The fourth-order valence-corrected chi connectivity index (χ4v) is 0.753. The van der Waals surface area contributed by atoms with Gasteiger partial charge in [-0.3, -0.25) is 9.59 Å². The number of unbranched alkanes of at least 4 members (excludes halogenated alkanes) is 1. The number of carbonyl (C=O) groups is 2. The summed E-state index contributed by atoms with van der Waals surface area (Å²) < 4.78 is 0. The molecule has 2 amide bonds. The van der Waals surface area contributed by atoms with Crippen molar-refractivity contribution in [3.05, 3.63) is 0 Å². The molecule has 0 aromatic rings. The number of aliphatic hydroxyl groups is 1. The Labute approximate surface area is 77.3 Å². The van der Waals surface area contributed by atoms with Crippen LogP contribution in [0, 0.1) is 0 Å². The lowest BCUT2D eigenvalue weighted by atomic mass is 10.2. The van der Waals surface area contributed by atoms with E-state index in [1.165, 1.54) is 0 Å². The summed E-state index contributed by atoms with van der Waals surface area (Å²) in [6.45, 7) is 2.57. The van der Waals surface area contributed by atoms with Gasteiger partial charge in [0.1, 0.15) is 6.10 Å². The smallest absolute Gasteiger partial charge is 0.246 e. The van der Waals surface area contributed by atoms with Gasteiger partial charge in [-0.2, -0.15) is 0 Å². The molecule has 5 nitrogen and oxygen atoms in total. The molecule has 0 aliphatic rings. The molecule has 13 heavy (non-hydrogen) atoms. The zero-order chi connectivity index (χ0) is 10.3. The lowest BCUT2D eigenvalue weighted by Gasteiger charge is -2.06. The standard InChI is InChI=1S/C8H16N2O3/c1-2-3-4-10-7(12)5-6(11)8(9)13/h6,11H,2-5H2,1H3,(H2,9,13)(H,10,12). The Morgan fingerprint density at radius 3 is 2.62 bits per heavy atom. The van der Waals surface area contributed by atoms with E-state index in [9.17, 15) is 9.59 Å². The van der Waals surface area contributed by atoms with E-state index in [1.807, 2.05) is 6.92 Å². The number of rotatable bonds is 6. The summed E-state index contributed by atoms with van der Waals surface area (Å²) in [4.78, 5) is 21.3. The molecule has 1 unspecified atom stereocenters. The predicted octanol–water partition coefficient (Wildman–Crippen LogP) is -0.861. The molecule has 4 N–H and O–H groups in total. The third-order valence-electron chi connectivity index (χ3n) is 1.56. The first-order valence-electron chi connectivity index (χ1n) is 4.32. The molecule has 0 fully saturated rings. The molecule has 0 aliphatic carbocycles. The van der Waals surface area contributed by atoms with Crippen molar-refractivity contribution in [3.63, 3.8) is 0 Å². The van der Waals surface area contributed by atoms with Crippen LogP contribution in [0.15, 0.2) is 0 Å². The second-order valence-electron chi connectivity index (χ2n) is 2.83. The van der Waals surface area contributed by atoms with Gasteiger partial charge in [0, 0.05) is 6.54 Å². The number of nitrogens with two attached hydrogens (primary N) is 1. The van der Waals surface area contributed by atoms with Crippen LogP contribution in [0.2, 0.25) is 0 Å². The number of nitrogens with one attached hydrogen (secondary N) is 1. The number of aliphatic hydroxyl groups excluding tert-OH is 1. The minimum Gasteiger partial charge on any atom is -0.383 e. The largest absolute Gasteiger partial charge is 0.383 e. The molecular formula is C8H16N2O3. The molecule has 76 valence electrons. The fourth-order valence-electron chi connectivity index (χ4n) is 0.753.